The maximum atomic E-state index is 13.7. The molecule has 1 aromatic heterocycles. The van der Waals surface area contributed by atoms with Gasteiger partial charge in [0.15, 0.2) is 0 Å². The van der Waals surface area contributed by atoms with Gasteiger partial charge in [-0.25, -0.2) is 8.42 Å². The number of aromatic nitrogens is 2. The molecule has 1 aromatic carbocycles. The molecule has 3 aliphatic rings. The molecular formula is C28H33N5O5S. The Kier molecular flexibility index (Phi) is 7.53. The number of aliphatic imine (C=N–C) groups is 1. The van der Waals surface area contributed by atoms with E-state index >= 15 is 0 Å². The van der Waals surface area contributed by atoms with Crippen LogP contribution in [0, 0.1) is 11.3 Å². The third-order valence-corrected chi connectivity index (χ3v) is 9.47. The van der Waals surface area contributed by atoms with Gasteiger partial charge in [-0.1, -0.05) is 86.5 Å². The summed E-state index contributed by atoms with van der Waals surface area (Å²) in [6.07, 6.45) is 11.7. The van der Waals surface area contributed by atoms with E-state index in [1.54, 1.807) is 31.2 Å². The first kappa shape index (κ1) is 27.0. The first-order chi connectivity index (χ1) is 18.7. The zero-order valence-corrected chi connectivity index (χ0v) is 22.9. The van der Waals surface area contributed by atoms with Gasteiger partial charge in [0.05, 0.1) is 12.0 Å². The van der Waals surface area contributed by atoms with E-state index in [4.69, 9.17) is 9.52 Å². The first-order valence-corrected chi connectivity index (χ1v) is 14.9. The van der Waals surface area contributed by atoms with Crippen molar-refractivity contribution in [1.29, 1.82) is 0 Å². The normalized spacial score (nSPS) is 25.1. The van der Waals surface area contributed by atoms with Crippen LogP contribution in [0.1, 0.15) is 63.1 Å². The summed E-state index contributed by atoms with van der Waals surface area (Å²) >= 11 is 0. The predicted octanol–water partition coefficient (Wildman–Crippen LogP) is 3.60. The lowest BCUT2D eigenvalue weighted by Crippen LogP contribution is -2.46. The summed E-state index contributed by atoms with van der Waals surface area (Å²) in [5.74, 6) is -1.04. The number of ketones is 1. The molecule has 206 valence electrons. The van der Waals surface area contributed by atoms with Crippen LogP contribution in [-0.2, 0) is 14.8 Å². The van der Waals surface area contributed by atoms with Gasteiger partial charge < -0.3 is 9.84 Å². The maximum Gasteiger partial charge on any atom is 0.296 e. The molecule has 2 heterocycles. The summed E-state index contributed by atoms with van der Waals surface area (Å²) in [7, 11) is -3.64. The van der Waals surface area contributed by atoms with E-state index in [1.165, 1.54) is 0 Å². The van der Waals surface area contributed by atoms with Crippen LogP contribution in [0.25, 0.3) is 11.4 Å². The van der Waals surface area contributed by atoms with E-state index in [0.29, 0.717) is 18.4 Å². The van der Waals surface area contributed by atoms with Crippen molar-refractivity contribution < 1.29 is 22.5 Å². The van der Waals surface area contributed by atoms with Crippen LogP contribution in [0.4, 0.5) is 0 Å². The van der Waals surface area contributed by atoms with Crippen molar-refractivity contribution >= 4 is 27.5 Å². The number of amidine groups is 1. The number of sulfonamides is 1. The number of fused-ring (bicyclic) bond motifs is 1. The third kappa shape index (κ3) is 5.73. The maximum absolute atomic E-state index is 13.7. The molecule has 4 atom stereocenters. The monoisotopic (exact) mass is 551 g/mol. The van der Waals surface area contributed by atoms with Crippen molar-refractivity contribution in [2.45, 2.75) is 69.7 Å². The lowest BCUT2D eigenvalue weighted by molar-refractivity contribution is -0.123. The molecule has 2 aromatic rings. The molecule has 11 heteroatoms. The summed E-state index contributed by atoms with van der Waals surface area (Å²) in [5.41, 5.74) is 0.607. The Morgan fingerprint density at radius 1 is 1.18 bits per heavy atom. The number of allylic oxidation sites excluding steroid dienone is 2. The fourth-order valence-electron chi connectivity index (χ4n) is 5.59. The van der Waals surface area contributed by atoms with Gasteiger partial charge in [0.2, 0.25) is 27.5 Å². The number of Topliss-reactive ketones (excluding diaryl/α,β-unsaturated/α-hetero) is 1. The Balaban J connectivity index is 1.38. The van der Waals surface area contributed by atoms with Crippen LogP contribution in [0.5, 0.6) is 0 Å². The molecule has 10 nitrogen and oxygen atoms in total. The number of nitrogens with one attached hydrogen (secondary N) is 2. The van der Waals surface area contributed by atoms with E-state index in [9.17, 15) is 18.0 Å². The molecule has 0 radical (unpaired) electrons. The average molecular weight is 552 g/mol. The van der Waals surface area contributed by atoms with Gasteiger partial charge in [0.1, 0.15) is 17.1 Å². The summed E-state index contributed by atoms with van der Waals surface area (Å²) in [6.45, 7) is 3.92. The second kappa shape index (κ2) is 10.9. The highest BCUT2D eigenvalue weighted by atomic mass is 32.2. The van der Waals surface area contributed by atoms with Crippen LogP contribution in [0.2, 0.25) is 0 Å². The van der Waals surface area contributed by atoms with E-state index in [2.05, 4.69) is 27.1 Å². The second-order valence-corrected chi connectivity index (χ2v) is 12.6. The predicted molar refractivity (Wildman–Crippen MR) is 146 cm³/mol. The minimum Gasteiger partial charge on any atom is -0.344 e. The summed E-state index contributed by atoms with van der Waals surface area (Å²) in [6, 6.07) is 7.39. The zero-order chi connectivity index (χ0) is 27.6. The molecule has 5 rings (SSSR count). The Morgan fingerprint density at radius 3 is 2.62 bits per heavy atom. The smallest absolute Gasteiger partial charge is 0.296 e. The highest BCUT2D eigenvalue weighted by Gasteiger charge is 2.44. The third-order valence-electron chi connectivity index (χ3n) is 7.81. The van der Waals surface area contributed by atoms with Crippen molar-refractivity contribution in [3.05, 3.63) is 60.5 Å². The largest absolute Gasteiger partial charge is 0.344 e. The van der Waals surface area contributed by atoms with E-state index in [0.717, 1.165) is 25.7 Å². The fourth-order valence-corrected chi connectivity index (χ4v) is 7.11. The minimum absolute atomic E-state index is 0.103. The quantitative estimate of drug-likeness (QED) is 0.453. The fraction of sp³-hybridized carbons (Fsp3) is 0.464. The molecule has 1 saturated carbocycles. The van der Waals surface area contributed by atoms with Crippen LogP contribution in [-0.4, -0.2) is 53.4 Å². The van der Waals surface area contributed by atoms with Crippen molar-refractivity contribution in [2.24, 2.45) is 16.3 Å². The van der Waals surface area contributed by atoms with Crippen LogP contribution in [0.3, 0.4) is 0 Å². The number of carbonyl (C=O) groups excluding carboxylic acids is 2. The molecule has 2 fully saturated rings. The number of nitrogens with zero attached hydrogens (tertiary/aromatic N) is 3. The lowest BCUT2D eigenvalue weighted by Gasteiger charge is -2.28. The van der Waals surface area contributed by atoms with Crippen molar-refractivity contribution in [3.63, 3.8) is 0 Å². The van der Waals surface area contributed by atoms with Gasteiger partial charge >= 0.3 is 0 Å². The molecule has 0 spiro atoms. The standard InChI is InChI=1S/C28H33N5O5S/c1-3-20(23(34)27-31-24(32-38-27)18-11-5-4-6-12-18)30-26(35)21(17-28(2)15-9-10-16-28)29-25-19-13-7-8-14-22(19)39(36,37)33-25/h4-8,11-14,19-22H,3,9-10,15-17H2,1-2H3,(H,29,33)(H,30,35)/t19?,20-,21?,22?/m0/s1. The molecule has 1 saturated heterocycles. The van der Waals surface area contributed by atoms with Gasteiger partial charge in [-0.3, -0.25) is 19.3 Å². The van der Waals surface area contributed by atoms with Gasteiger partial charge in [-0.15, -0.1) is 0 Å². The highest BCUT2D eigenvalue weighted by molar-refractivity contribution is 7.91. The molecule has 3 unspecified atom stereocenters. The molecule has 0 bridgehead atoms. The van der Waals surface area contributed by atoms with Crippen molar-refractivity contribution in [1.82, 2.24) is 20.2 Å². The molecule has 1 amide bonds. The molecule has 2 aliphatic carbocycles. The van der Waals surface area contributed by atoms with E-state index in [1.807, 2.05) is 30.3 Å². The van der Waals surface area contributed by atoms with Gasteiger partial charge in [-0.2, -0.15) is 4.98 Å². The SMILES string of the molecule is CC[C@H](NC(=O)C(CC1(C)CCCC1)N=C1NS(=O)(=O)C2C=CC=CC12)C(=O)c1nc(-c2ccccc2)no1. The van der Waals surface area contributed by atoms with Gasteiger partial charge in [0.25, 0.3) is 5.89 Å². The van der Waals surface area contributed by atoms with Crippen molar-refractivity contribution in [2.75, 3.05) is 0 Å². The Hall–Kier alpha value is -3.60. The first-order valence-electron chi connectivity index (χ1n) is 13.4. The molecule has 2 N–H and O–H groups in total. The number of hydrogen-bond donors (Lipinski definition) is 2. The topological polar surface area (TPSA) is 144 Å². The summed E-state index contributed by atoms with van der Waals surface area (Å²) in [5, 5.41) is 6.00. The molecule has 1 aliphatic heterocycles. The Morgan fingerprint density at radius 2 is 1.90 bits per heavy atom. The number of benzene rings is 1. The highest BCUT2D eigenvalue weighted by Crippen LogP contribution is 2.42. The van der Waals surface area contributed by atoms with Crippen LogP contribution >= 0.6 is 0 Å². The Bertz CT molecular complexity index is 1420. The number of amides is 1. The van der Waals surface area contributed by atoms with Gasteiger partial charge in [-0.05, 0) is 31.1 Å². The number of hydrogen-bond acceptors (Lipinski definition) is 8. The molecule has 39 heavy (non-hydrogen) atoms. The Labute approximate surface area is 228 Å². The minimum atomic E-state index is -3.64. The average Bonchev–Trinajstić information content (AvgIpc) is 3.66. The summed E-state index contributed by atoms with van der Waals surface area (Å²) in [4.78, 5) is 35.9. The number of carbonyl (C=O) groups is 2. The lowest BCUT2D eigenvalue weighted by atomic mass is 9.81. The second-order valence-electron chi connectivity index (χ2n) is 10.8. The zero-order valence-electron chi connectivity index (χ0n) is 22.0. The number of rotatable bonds is 9. The van der Waals surface area contributed by atoms with Crippen LogP contribution < -0.4 is 10.0 Å². The van der Waals surface area contributed by atoms with Gasteiger partial charge in [0, 0.05) is 5.56 Å². The van der Waals surface area contributed by atoms with E-state index in [-0.39, 0.29) is 23.0 Å². The van der Waals surface area contributed by atoms with E-state index < -0.39 is 45.0 Å². The molecular weight excluding hydrogens is 518 g/mol. The van der Waals surface area contributed by atoms with Crippen LogP contribution in [0.15, 0.2) is 64.2 Å². The summed E-state index contributed by atoms with van der Waals surface area (Å²) < 4.78 is 33.2. The van der Waals surface area contributed by atoms with Crippen molar-refractivity contribution in [3.8, 4) is 11.4 Å².